The van der Waals surface area contributed by atoms with E-state index in [2.05, 4.69) is 15.9 Å². The summed E-state index contributed by atoms with van der Waals surface area (Å²) < 4.78 is 26.5. The second kappa shape index (κ2) is 5.45. The van der Waals surface area contributed by atoms with Gasteiger partial charge >= 0.3 is 0 Å². The Balaban J connectivity index is 2.02. The van der Waals surface area contributed by atoms with E-state index in [0.717, 1.165) is 10.0 Å². The second-order valence-electron chi connectivity index (χ2n) is 5.58. The van der Waals surface area contributed by atoms with Crippen LogP contribution in [0.25, 0.3) is 0 Å². The van der Waals surface area contributed by atoms with E-state index in [0.29, 0.717) is 0 Å². The zero-order valence-electron chi connectivity index (χ0n) is 11.7. The van der Waals surface area contributed by atoms with Crippen LogP contribution in [0.2, 0.25) is 0 Å². The van der Waals surface area contributed by atoms with E-state index in [4.69, 9.17) is 5.73 Å². The number of benzene rings is 2. The first-order valence-corrected chi connectivity index (χ1v) is 9.19. The summed E-state index contributed by atoms with van der Waals surface area (Å²) in [5.74, 6) is -0.407. The van der Waals surface area contributed by atoms with Gasteiger partial charge in [0.1, 0.15) is 0 Å². The predicted octanol–water partition coefficient (Wildman–Crippen LogP) is 2.08. The summed E-state index contributed by atoms with van der Waals surface area (Å²) in [7, 11) is -3.59. The van der Waals surface area contributed by atoms with Gasteiger partial charge in [-0.3, -0.25) is 0 Å². The fourth-order valence-electron chi connectivity index (χ4n) is 2.99. The Bertz CT molecular complexity index is 777. The smallest absolute Gasteiger partial charge is 0.183 e. The zero-order chi connectivity index (χ0) is 16.0. The molecule has 0 aromatic heterocycles. The van der Waals surface area contributed by atoms with Crippen molar-refractivity contribution in [3.05, 3.63) is 64.6 Å². The number of hydrogen-bond donors (Lipinski definition) is 2. The van der Waals surface area contributed by atoms with Crippen molar-refractivity contribution in [2.24, 2.45) is 5.73 Å². The molecule has 3 unspecified atom stereocenters. The molecule has 0 radical (unpaired) electrons. The van der Waals surface area contributed by atoms with Crippen molar-refractivity contribution < 1.29 is 13.5 Å². The van der Waals surface area contributed by atoms with E-state index < -0.39 is 26.5 Å². The number of rotatable bonds is 4. The minimum Gasteiger partial charge on any atom is -0.394 e. The fourth-order valence-corrected chi connectivity index (χ4v) is 5.57. The van der Waals surface area contributed by atoms with Gasteiger partial charge in [0, 0.05) is 10.4 Å². The molecule has 0 spiro atoms. The lowest BCUT2D eigenvalue weighted by molar-refractivity contribution is 0.253. The van der Waals surface area contributed by atoms with Crippen LogP contribution in [0.1, 0.15) is 11.5 Å². The van der Waals surface area contributed by atoms with E-state index >= 15 is 0 Å². The van der Waals surface area contributed by atoms with Crippen LogP contribution in [0.5, 0.6) is 0 Å². The van der Waals surface area contributed by atoms with Gasteiger partial charge in [0.2, 0.25) is 0 Å². The molecule has 0 bridgehead atoms. The largest absolute Gasteiger partial charge is 0.394 e. The first-order valence-electron chi connectivity index (χ1n) is 6.85. The standard InChI is InChI=1S/C16H16BrNO3S/c17-12-8-6-11(7-9-12)14-15(16(14,18)10-19)22(20,21)13-4-2-1-3-5-13/h1-9,14-15,19H,10,18H2. The third-order valence-electron chi connectivity index (χ3n) is 4.21. The highest BCUT2D eigenvalue weighted by Gasteiger charge is 2.68. The Morgan fingerprint density at radius 2 is 1.68 bits per heavy atom. The van der Waals surface area contributed by atoms with Gasteiger partial charge in [-0.05, 0) is 29.8 Å². The summed E-state index contributed by atoms with van der Waals surface area (Å²) in [5, 5.41) is 8.82. The first kappa shape index (κ1) is 15.7. The van der Waals surface area contributed by atoms with Crippen molar-refractivity contribution in [2.45, 2.75) is 21.6 Å². The normalized spacial score (nSPS) is 27.6. The maximum atomic E-state index is 12.8. The molecule has 0 amide bonds. The molecule has 1 aliphatic rings. The van der Waals surface area contributed by atoms with E-state index in [-0.39, 0.29) is 11.5 Å². The van der Waals surface area contributed by atoms with Crippen molar-refractivity contribution in [1.82, 2.24) is 0 Å². The highest BCUT2D eigenvalue weighted by atomic mass is 79.9. The lowest BCUT2D eigenvalue weighted by atomic mass is 10.1. The number of hydrogen-bond acceptors (Lipinski definition) is 4. The van der Waals surface area contributed by atoms with E-state index in [1.165, 1.54) is 0 Å². The van der Waals surface area contributed by atoms with E-state index in [9.17, 15) is 13.5 Å². The van der Waals surface area contributed by atoms with Crippen LogP contribution in [-0.4, -0.2) is 30.9 Å². The first-order chi connectivity index (χ1) is 10.4. The Labute approximate surface area is 138 Å². The Kier molecular flexibility index (Phi) is 3.89. The maximum Gasteiger partial charge on any atom is 0.183 e. The summed E-state index contributed by atoms with van der Waals surface area (Å²) in [6, 6.07) is 15.6. The van der Waals surface area contributed by atoms with Gasteiger partial charge in [-0.15, -0.1) is 0 Å². The van der Waals surface area contributed by atoms with Gasteiger partial charge in [-0.25, -0.2) is 8.42 Å². The van der Waals surface area contributed by atoms with Crippen molar-refractivity contribution >= 4 is 25.8 Å². The molecular weight excluding hydrogens is 366 g/mol. The molecule has 1 fully saturated rings. The van der Waals surface area contributed by atoms with Crippen molar-refractivity contribution in [1.29, 1.82) is 0 Å². The number of nitrogens with two attached hydrogens (primary N) is 1. The summed E-state index contributed by atoms with van der Waals surface area (Å²) >= 11 is 3.35. The highest BCUT2D eigenvalue weighted by Crippen LogP contribution is 2.55. The van der Waals surface area contributed by atoms with Gasteiger partial charge in [-0.1, -0.05) is 46.3 Å². The van der Waals surface area contributed by atoms with Gasteiger partial charge in [0.15, 0.2) is 9.84 Å². The third kappa shape index (κ3) is 2.40. The van der Waals surface area contributed by atoms with Crippen LogP contribution in [-0.2, 0) is 9.84 Å². The third-order valence-corrected chi connectivity index (χ3v) is 7.05. The lowest BCUT2D eigenvalue weighted by Gasteiger charge is -2.08. The van der Waals surface area contributed by atoms with Crippen molar-refractivity contribution in [2.75, 3.05) is 6.61 Å². The monoisotopic (exact) mass is 381 g/mol. The minimum absolute atomic E-state index is 0.239. The number of halogens is 1. The molecule has 2 aromatic carbocycles. The summed E-state index contributed by atoms with van der Waals surface area (Å²) in [4.78, 5) is 0.239. The number of aliphatic hydroxyl groups excluding tert-OH is 1. The average Bonchev–Trinajstić information content (AvgIpc) is 3.17. The molecule has 2 aromatic rings. The number of aliphatic hydroxyl groups is 1. The quantitative estimate of drug-likeness (QED) is 0.849. The molecule has 3 rings (SSSR count). The molecule has 3 atom stereocenters. The summed E-state index contributed by atoms with van der Waals surface area (Å²) in [6.45, 7) is -0.371. The molecule has 3 N–H and O–H groups in total. The summed E-state index contributed by atoms with van der Waals surface area (Å²) in [5.41, 5.74) is 5.87. The van der Waals surface area contributed by atoms with Crippen LogP contribution in [0, 0.1) is 0 Å². The van der Waals surface area contributed by atoms with Crippen LogP contribution >= 0.6 is 15.9 Å². The van der Waals surface area contributed by atoms with Crippen LogP contribution in [0.4, 0.5) is 0 Å². The predicted molar refractivity (Wildman–Crippen MR) is 88.3 cm³/mol. The molecule has 116 valence electrons. The maximum absolute atomic E-state index is 12.8. The second-order valence-corrected chi connectivity index (χ2v) is 8.56. The minimum atomic E-state index is -3.59. The van der Waals surface area contributed by atoms with Gasteiger partial charge in [-0.2, -0.15) is 0 Å². The molecule has 0 heterocycles. The summed E-state index contributed by atoms with van der Waals surface area (Å²) in [6.07, 6.45) is 0. The van der Waals surface area contributed by atoms with Crippen LogP contribution < -0.4 is 5.73 Å². The van der Waals surface area contributed by atoms with E-state index in [1.54, 1.807) is 30.3 Å². The average molecular weight is 382 g/mol. The molecule has 6 heteroatoms. The topological polar surface area (TPSA) is 80.4 Å². The zero-order valence-corrected chi connectivity index (χ0v) is 14.1. The molecule has 1 aliphatic carbocycles. The SMILES string of the molecule is NC1(CO)C(c2ccc(Br)cc2)C1S(=O)(=O)c1ccccc1. The highest BCUT2D eigenvalue weighted by molar-refractivity contribution is 9.10. The molecular formula is C16H16BrNO3S. The molecule has 22 heavy (non-hydrogen) atoms. The Morgan fingerprint density at radius 3 is 2.23 bits per heavy atom. The molecule has 0 saturated heterocycles. The van der Waals surface area contributed by atoms with E-state index in [1.807, 2.05) is 24.3 Å². The number of sulfone groups is 1. The van der Waals surface area contributed by atoms with Crippen molar-refractivity contribution in [3.8, 4) is 0 Å². The molecule has 0 aliphatic heterocycles. The van der Waals surface area contributed by atoms with Gasteiger partial charge in [0.05, 0.1) is 22.3 Å². The van der Waals surface area contributed by atoms with Crippen molar-refractivity contribution in [3.63, 3.8) is 0 Å². The molecule has 4 nitrogen and oxygen atoms in total. The van der Waals surface area contributed by atoms with Gasteiger partial charge in [0.25, 0.3) is 0 Å². The lowest BCUT2D eigenvalue weighted by Crippen LogP contribution is -2.35. The Hall–Kier alpha value is -1.21. The van der Waals surface area contributed by atoms with Crippen LogP contribution in [0.3, 0.4) is 0 Å². The van der Waals surface area contributed by atoms with Gasteiger partial charge < -0.3 is 10.8 Å². The van der Waals surface area contributed by atoms with Crippen LogP contribution in [0.15, 0.2) is 64.0 Å². The molecule has 1 saturated carbocycles. The fraction of sp³-hybridized carbons (Fsp3) is 0.250. The Morgan fingerprint density at radius 1 is 1.09 bits per heavy atom.